The predicted molar refractivity (Wildman–Crippen MR) is 96.1 cm³/mol. The molecule has 2 aromatic rings. The molecular weight excluding hydrogens is 372 g/mol. The van der Waals surface area contributed by atoms with Crippen LogP contribution in [0.25, 0.3) is 6.08 Å². The average molecular weight is 389 g/mol. The highest BCUT2D eigenvalue weighted by atomic mass is 79.9. The Morgan fingerprint density at radius 2 is 1.83 bits per heavy atom. The smallest absolute Gasteiger partial charge is 0.267 e. The van der Waals surface area contributed by atoms with Crippen LogP contribution < -0.4 is 10.6 Å². The van der Waals surface area contributed by atoms with E-state index < -0.39 is 5.91 Å². The van der Waals surface area contributed by atoms with Crippen molar-refractivity contribution in [2.45, 2.75) is 0 Å². The van der Waals surface area contributed by atoms with E-state index in [1.807, 2.05) is 30.3 Å². The first-order valence-electron chi connectivity index (χ1n) is 7.33. The number of carbonyl (C=O) groups is 2. The zero-order chi connectivity index (χ0) is 17.4. The van der Waals surface area contributed by atoms with Crippen molar-refractivity contribution in [1.29, 1.82) is 0 Å². The molecule has 0 atom stereocenters. The van der Waals surface area contributed by atoms with Crippen molar-refractivity contribution < 1.29 is 14.7 Å². The van der Waals surface area contributed by atoms with Gasteiger partial charge < -0.3 is 15.7 Å². The average Bonchev–Trinajstić information content (AvgIpc) is 2.59. The van der Waals surface area contributed by atoms with Crippen molar-refractivity contribution >= 4 is 33.8 Å². The Kier molecular flexibility index (Phi) is 6.72. The standard InChI is InChI=1S/C18H17BrN2O3/c19-15-8-4-5-13(11-15)12-16(18(24)20-9-10-22)21-17(23)14-6-2-1-3-7-14/h1-8,11-12,22H,9-10H2,(H,20,24)(H,21,23). The molecule has 0 radical (unpaired) electrons. The van der Waals surface area contributed by atoms with Crippen LogP contribution in [0.4, 0.5) is 0 Å². The summed E-state index contributed by atoms with van der Waals surface area (Å²) in [5.41, 5.74) is 1.31. The van der Waals surface area contributed by atoms with E-state index in [2.05, 4.69) is 26.6 Å². The summed E-state index contributed by atoms with van der Waals surface area (Å²) in [4.78, 5) is 24.5. The molecule has 0 saturated carbocycles. The van der Waals surface area contributed by atoms with Crippen LogP contribution in [-0.2, 0) is 4.79 Å². The summed E-state index contributed by atoms with van der Waals surface area (Å²) in [6, 6.07) is 16.0. The summed E-state index contributed by atoms with van der Waals surface area (Å²) in [6.07, 6.45) is 1.58. The fourth-order valence-corrected chi connectivity index (χ4v) is 2.39. The molecule has 0 aliphatic carbocycles. The molecule has 0 unspecified atom stereocenters. The van der Waals surface area contributed by atoms with Gasteiger partial charge in [-0.2, -0.15) is 0 Å². The fraction of sp³-hybridized carbons (Fsp3) is 0.111. The minimum absolute atomic E-state index is 0.107. The van der Waals surface area contributed by atoms with Gasteiger partial charge in [-0.3, -0.25) is 9.59 Å². The summed E-state index contributed by atoms with van der Waals surface area (Å²) < 4.78 is 0.862. The van der Waals surface area contributed by atoms with Crippen LogP contribution in [0.3, 0.4) is 0 Å². The third kappa shape index (κ3) is 5.33. The van der Waals surface area contributed by atoms with E-state index in [0.717, 1.165) is 10.0 Å². The first kappa shape index (κ1) is 17.9. The number of benzene rings is 2. The Morgan fingerprint density at radius 3 is 2.50 bits per heavy atom. The van der Waals surface area contributed by atoms with Crippen molar-refractivity contribution in [1.82, 2.24) is 10.6 Å². The lowest BCUT2D eigenvalue weighted by atomic mass is 10.1. The van der Waals surface area contributed by atoms with Gasteiger partial charge in [-0.25, -0.2) is 0 Å². The fourth-order valence-electron chi connectivity index (χ4n) is 1.97. The highest BCUT2D eigenvalue weighted by Crippen LogP contribution is 2.14. The molecule has 5 nitrogen and oxygen atoms in total. The number of nitrogens with one attached hydrogen (secondary N) is 2. The van der Waals surface area contributed by atoms with Gasteiger partial charge in [0.05, 0.1) is 6.61 Å². The molecule has 0 aliphatic heterocycles. The van der Waals surface area contributed by atoms with Gasteiger partial charge in [-0.05, 0) is 35.9 Å². The van der Waals surface area contributed by atoms with Crippen LogP contribution in [0.2, 0.25) is 0 Å². The molecular formula is C18H17BrN2O3. The molecule has 2 aromatic carbocycles. The second kappa shape index (κ2) is 9.00. The molecule has 0 aromatic heterocycles. The molecule has 0 aliphatic rings. The second-order valence-corrected chi connectivity index (χ2v) is 5.83. The maximum atomic E-state index is 12.3. The van der Waals surface area contributed by atoms with E-state index in [4.69, 9.17) is 5.11 Å². The molecule has 0 saturated heterocycles. The number of hydrogen-bond donors (Lipinski definition) is 3. The minimum Gasteiger partial charge on any atom is -0.395 e. The molecule has 2 rings (SSSR count). The number of hydrogen-bond acceptors (Lipinski definition) is 3. The van der Waals surface area contributed by atoms with Gasteiger partial charge in [0.25, 0.3) is 11.8 Å². The van der Waals surface area contributed by atoms with Gasteiger partial charge in [0.2, 0.25) is 0 Å². The van der Waals surface area contributed by atoms with Crippen LogP contribution in [0.15, 0.2) is 64.8 Å². The summed E-state index contributed by atoms with van der Waals surface area (Å²) in [7, 11) is 0. The molecule has 0 bridgehead atoms. The molecule has 3 N–H and O–H groups in total. The molecule has 6 heteroatoms. The molecule has 0 heterocycles. The van der Waals surface area contributed by atoms with Crippen molar-refractivity contribution in [3.63, 3.8) is 0 Å². The summed E-state index contributed by atoms with van der Waals surface area (Å²) >= 11 is 3.37. The summed E-state index contributed by atoms with van der Waals surface area (Å²) in [5, 5.41) is 14.0. The lowest BCUT2D eigenvalue weighted by Crippen LogP contribution is -2.36. The highest BCUT2D eigenvalue weighted by molar-refractivity contribution is 9.10. The van der Waals surface area contributed by atoms with Crippen molar-refractivity contribution in [3.8, 4) is 0 Å². The molecule has 24 heavy (non-hydrogen) atoms. The van der Waals surface area contributed by atoms with E-state index in [1.54, 1.807) is 30.3 Å². The summed E-state index contributed by atoms with van der Waals surface area (Å²) in [5.74, 6) is -0.843. The van der Waals surface area contributed by atoms with Crippen LogP contribution in [0.5, 0.6) is 0 Å². The quantitative estimate of drug-likeness (QED) is 0.664. The number of amides is 2. The topological polar surface area (TPSA) is 78.4 Å². The largest absolute Gasteiger partial charge is 0.395 e. The second-order valence-electron chi connectivity index (χ2n) is 4.91. The first-order valence-corrected chi connectivity index (χ1v) is 8.12. The zero-order valence-electron chi connectivity index (χ0n) is 12.8. The third-order valence-electron chi connectivity index (χ3n) is 3.09. The van der Waals surface area contributed by atoms with Gasteiger partial charge in [-0.1, -0.05) is 46.3 Å². The molecule has 2 amide bonds. The number of aliphatic hydroxyl groups excluding tert-OH is 1. The van der Waals surface area contributed by atoms with E-state index in [1.165, 1.54) is 0 Å². The van der Waals surface area contributed by atoms with Crippen molar-refractivity contribution in [2.75, 3.05) is 13.2 Å². The number of aliphatic hydroxyl groups is 1. The Hall–Kier alpha value is -2.44. The van der Waals surface area contributed by atoms with Gasteiger partial charge in [0.15, 0.2) is 0 Å². The van der Waals surface area contributed by atoms with E-state index in [0.29, 0.717) is 5.56 Å². The third-order valence-corrected chi connectivity index (χ3v) is 3.58. The number of rotatable bonds is 6. The number of halogens is 1. The van der Waals surface area contributed by atoms with E-state index in [-0.39, 0.29) is 24.8 Å². The lowest BCUT2D eigenvalue weighted by Gasteiger charge is -2.10. The number of carbonyl (C=O) groups excluding carboxylic acids is 2. The van der Waals surface area contributed by atoms with Crippen LogP contribution in [0, 0.1) is 0 Å². The van der Waals surface area contributed by atoms with Gasteiger partial charge in [-0.15, -0.1) is 0 Å². The van der Waals surface area contributed by atoms with Gasteiger partial charge in [0, 0.05) is 16.6 Å². The zero-order valence-corrected chi connectivity index (χ0v) is 14.4. The molecule has 0 spiro atoms. The predicted octanol–water partition coefficient (Wildman–Crippen LogP) is 2.33. The first-order chi connectivity index (χ1) is 11.6. The van der Waals surface area contributed by atoms with Gasteiger partial charge >= 0.3 is 0 Å². The maximum Gasteiger partial charge on any atom is 0.267 e. The maximum absolute atomic E-state index is 12.3. The minimum atomic E-state index is -0.465. The summed E-state index contributed by atoms with van der Waals surface area (Å²) in [6.45, 7) is -0.0710. The van der Waals surface area contributed by atoms with Crippen LogP contribution in [-0.4, -0.2) is 30.1 Å². The van der Waals surface area contributed by atoms with E-state index >= 15 is 0 Å². The molecule has 0 fully saturated rings. The van der Waals surface area contributed by atoms with Gasteiger partial charge in [0.1, 0.15) is 5.70 Å². The monoisotopic (exact) mass is 388 g/mol. The van der Waals surface area contributed by atoms with Crippen molar-refractivity contribution in [3.05, 3.63) is 75.9 Å². The lowest BCUT2D eigenvalue weighted by molar-refractivity contribution is -0.117. The Morgan fingerprint density at radius 1 is 1.08 bits per heavy atom. The van der Waals surface area contributed by atoms with Crippen molar-refractivity contribution in [2.24, 2.45) is 0 Å². The Bertz CT molecular complexity index is 745. The highest BCUT2D eigenvalue weighted by Gasteiger charge is 2.14. The molecule has 124 valence electrons. The van der Waals surface area contributed by atoms with Crippen LogP contribution in [0.1, 0.15) is 15.9 Å². The van der Waals surface area contributed by atoms with E-state index in [9.17, 15) is 9.59 Å². The SMILES string of the molecule is O=C(NCCO)C(=Cc1cccc(Br)c1)NC(=O)c1ccccc1. The Balaban J connectivity index is 2.25. The Labute approximate surface area is 148 Å². The van der Waals surface area contributed by atoms with Crippen LogP contribution >= 0.6 is 15.9 Å². The normalized spacial score (nSPS) is 11.0.